The van der Waals surface area contributed by atoms with Crippen molar-refractivity contribution in [2.75, 3.05) is 0 Å². The fourth-order valence-corrected chi connectivity index (χ4v) is 3.73. The van der Waals surface area contributed by atoms with Crippen LogP contribution in [0.25, 0.3) is 12.2 Å². The normalized spacial score (nSPS) is 14.2. The minimum Gasteiger partial charge on any atom is -0.381 e. The molecular formula is C23H21F2N7O3. The van der Waals surface area contributed by atoms with Crippen molar-refractivity contribution < 1.29 is 18.8 Å². The van der Waals surface area contributed by atoms with Gasteiger partial charge in [-0.15, -0.1) is 0 Å². The van der Waals surface area contributed by atoms with Gasteiger partial charge >= 0.3 is 0 Å². The zero-order chi connectivity index (χ0) is 25.2. The lowest BCUT2D eigenvalue weighted by Gasteiger charge is -2.34. The number of benzene rings is 1. The highest BCUT2D eigenvalue weighted by Crippen LogP contribution is 2.36. The third kappa shape index (κ3) is 4.96. The van der Waals surface area contributed by atoms with Gasteiger partial charge in [0.1, 0.15) is 36.1 Å². The minimum absolute atomic E-state index is 0.0963. The summed E-state index contributed by atoms with van der Waals surface area (Å²) in [5.41, 5.74) is -0.229. The Morgan fingerprint density at radius 3 is 2.69 bits per heavy atom. The Morgan fingerprint density at radius 1 is 1.23 bits per heavy atom. The molecule has 2 atom stereocenters. The smallest absolute Gasteiger partial charge is 0.287 e. The van der Waals surface area contributed by atoms with Gasteiger partial charge in [0.05, 0.1) is 29.4 Å². The van der Waals surface area contributed by atoms with E-state index in [4.69, 9.17) is 0 Å². The molecule has 0 bridgehead atoms. The Bertz CT molecular complexity index is 1390. The van der Waals surface area contributed by atoms with E-state index in [9.17, 15) is 24.0 Å². The largest absolute Gasteiger partial charge is 0.381 e. The van der Waals surface area contributed by atoms with Crippen LogP contribution in [0, 0.1) is 28.7 Å². The van der Waals surface area contributed by atoms with Gasteiger partial charge < -0.3 is 5.11 Å². The van der Waals surface area contributed by atoms with Crippen molar-refractivity contribution in [2.24, 2.45) is 0 Å². The number of nitro groups is 1. The SMILES string of the molecule is Cc1cc([N+](=O)[O-])cnc1C=Cc1cnn(C(C)C(O)(Cn2cncn2)c2ccc(F)cc2F)c1. The lowest BCUT2D eigenvalue weighted by atomic mass is 9.86. The molecule has 3 aromatic heterocycles. The molecule has 12 heteroatoms. The lowest BCUT2D eigenvalue weighted by molar-refractivity contribution is -0.385. The molecule has 10 nitrogen and oxygen atoms in total. The van der Waals surface area contributed by atoms with Crippen LogP contribution < -0.4 is 0 Å². The number of nitrogens with zero attached hydrogens (tertiary/aromatic N) is 7. The van der Waals surface area contributed by atoms with Gasteiger partial charge in [-0.2, -0.15) is 10.2 Å². The number of halogens is 2. The summed E-state index contributed by atoms with van der Waals surface area (Å²) in [6.07, 6.45) is 10.5. The fraction of sp³-hybridized carbons (Fsp3) is 0.217. The van der Waals surface area contributed by atoms with Crippen molar-refractivity contribution >= 4 is 17.8 Å². The summed E-state index contributed by atoms with van der Waals surface area (Å²) in [7, 11) is 0. The summed E-state index contributed by atoms with van der Waals surface area (Å²) in [4.78, 5) is 18.4. The van der Waals surface area contributed by atoms with E-state index in [2.05, 4.69) is 20.2 Å². The zero-order valence-electron chi connectivity index (χ0n) is 18.8. The second-order valence-electron chi connectivity index (χ2n) is 8.06. The summed E-state index contributed by atoms with van der Waals surface area (Å²) >= 11 is 0. The molecule has 2 unspecified atom stereocenters. The monoisotopic (exact) mass is 481 g/mol. The highest BCUT2D eigenvalue weighted by Gasteiger charge is 2.40. The van der Waals surface area contributed by atoms with E-state index in [0.717, 1.165) is 6.07 Å². The number of hydrogen-bond donors (Lipinski definition) is 1. The maximum atomic E-state index is 14.7. The second kappa shape index (κ2) is 9.50. The molecule has 0 saturated heterocycles. The molecule has 0 aliphatic carbocycles. The first-order valence-corrected chi connectivity index (χ1v) is 10.5. The molecule has 1 aromatic carbocycles. The molecule has 0 saturated carbocycles. The van der Waals surface area contributed by atoms with Gasteiger partial charge in [0.25, 0.3) is 5.69 Å². The third-order valence-corrected chi connectivity index (χ3v) is 5.73. The average Bonchev–Trinajstić information content (AvgIpc) is 3.49. The molecule has 0 fully saturated rings. The molecule has 3 heterocycles. The molecule has 0 amide bonds. The maximum absolute atomic E-state index is 14.7. The molecule has 0 aliphatic rings. The Balaban J connectivity index is 1.64. The van der Waals surface area contributed by atoms with Gasteiger partial charge in [0.15, 0.2) is 0 Å². The van der Waals surface area contributed by atoms with E-state index in [1.165, 1.54) is 40.3 Å². The predicted octanol–water partition coefficient (Wildman–Crippen LogP) is 3.68. The van der Waals surface area contributed by atoms with Crippen molar-refractivity contribution in [2.45, 2.75) is 32.0 Å². The number of aromatic nitrogens is 6. The first-order valence-electron chi connectivity index (χ1n) is 10.5. The molecule has 0 aliphatic heterocycles. The maximum Gasteiger partial charge on any atom is 0.287 e. The van der Waals surface area contributed by atoms with Crippen LogP contribution in [0.5, 0.6) is 0 Å². The van der Waals surface area contributed by atoms with Gasteiger partial charge in [-0.1, -0.05) is 6.07 Å². The Labute approximate surface area is 198 Å². The number of aliphatic hydroxyl groups is 1. The second-order valence-corrected chi connectivity index (χ2v) is 8.06. The number of rotatable bonds is 8. The summed E-state index contributed by atoms with van der Waals surface area (Å²) in [6, 6.07) is 3.62. The minimum atomic E-state index is -1.85. The Morgan fingerprint density at radius 2 is 2.03 bits per heavy atom. The van der Waals surface area contributed by atoms with Gasteiger partial charge in [0, 0.05) is 29.5 Å². The van der Waals surface area contributed by atoms with Crippen molar-refractivity contribution in [1.82, 2.24) is 29.5 Å². The van der Waals surface area contributed by atoms with Gasteiger partial charge in [0.2, 0.25) is 0 Å². The van der Waals surface area contributed by atoms with E-state index < -0.39 is 28.2 Å². The fourth-order valence-electron chi connectivity index (χ4n) is 3.73. The standard InChI is InChI=1S/C23H21F2N7O3/c1-15-7-19(32(34)35)10-27-22(15)6-3-17-9-28-31(11-17)16(2)23(33,12-30-14-26-13-29-30)20-5-4-18(24)8-21(20)25/h3-11,13-14,16,33H,12H2,1-2H3. The van der Waals surface area contributed by atoms with E-state index in [0.29, 0.717) is 22.9 Å². The Kier molecular flexibility index (Phi) is 6.47. The van der Waals surface area contributed by atoms with Crippen LogP contribution in [0.2, 0.25) is 0 Å². The van der Waals surface area contributed by atoms with Crippen LogP contribution in [0.4, 0.5) is 14.5 Å². The molecular weight excluding hydrogens is 460 g/mol. The molecule has 35 heavy (non-hydrogen) atoms. The van der Waals surface area contributed by atoms with E-state index in [1.807, 2.05) is 0 Å². The number of aryl methyl sites for hydroxylation is 1. The number of hydrogen-bond acceptors (Lipinski definition) is 7. The molecule has 4 aromatic rings. The lowest BCUT2D eigenvalue weighted by Crippen LogP contribution is -2.40. The van der Waals surface area contributed by atoms with Crippen molar-refractivity contribution in [3.05, 3.63) is 99.6 Å². The summed E-state index contributed by atoms with van der Waals surface area (Å²) in [6.45, 7) is 3.21. The van der Waals surface area contributed by atoms with Gasteiger partial charge in [-0.05, 0) is 37.6 Å². The van der Waals surface area contributed by atoms with Crippen LogP contribution in [-0.2, 0) is 12.1 Å². The van der Waals surface area contributed by atoms with E-state index in [-0.39, 0.29) is 17.8 Å². The van der Waals surface area contributed by atoms with E-state index in [1.54, 1.807) is 38.4 Å². The van der Waals surface area contributed by atoms with Crippen LogP contribution in [-0.4, -0.2) is 39.6 Å². The topological polar surface area (TPSA) is 125 Å². The highest BCUT2D eigenvalue weighted by molar-refractivity contribution is 5.69. The molecule has 0 radical (unpaired) electrons. The quantitative estimate of drug-likeness (QED) is 0.301. The van der Waals surface area contributed by atoms with Crippen LogP contribution in [0.15, 0.2) is 55.5 Å². The number of pyridine rings is 1. The van der Waals surface area contributed by atoms with Crippen molar-refractivity contribution in [3.63, 3.8) is 0 Å². The zero-order valence-corrected chi connectivity index (χ0v) is 18.8. The highest BCUT2D eigenvalue weighted by atomic mass is 19.1. The summed E-state index contributed by atoms with van der Waals surface area (Å²) < 4.78 is 31.1. The molecule has 180 valence electrons. The van der Waals surface area contributed by atoms with Crippen molar-refractivity contribution in [1.29, 1.82) is 0 Å². The molecule has 0 spiro atoms. The molecule has 1 N–H and O–H groups in total. The summed E-state index contributed by atoms with van der Waals surface area (Å²) in [5.74, 6) is -1.66. The van der Waals surface area contributed by atoms with Crippen LogP contribution >= 0.6 is 0 Å². The van der Waals surface area contributed by atoms with E-state index >= 15 is 0 Å². The Hall–Kier alpha value is -4.32. The van der Waals surface area contributed by atoms with Crippen molar-refractivity contribution in [3.8, 4) is 0 Å². The average molecular weight is 481 g/mol. The third-order valence-electron chi connectivity index (χ3n) is 5.73. The van der Waals surface area contributed by atoms with Gasteiger partial charge in [-0.25, -0.2) is 23.4 Å². The first kappa shape index (κ1) is 23.8. The van der Waals surface area contributed by atoms with Gasteiger partial charge in [-0.3, -0.25) is 14.8 Å². The first-order chi connectivity index (χ1) is 16.7. The summed E-state index contributed by atoms with van der Waals surface area (Å²) in [5, 5.41) is 30.9. The predicted molar refractivity (Wildman–Crippen MR) is 122 cm³/mol. The van der Waals surface area contributed by atoms with Crippen LogP contribution in [0.1, 0.15) is 35.3 Å². The molecule has 4 rings (SSSR count). The van der Waals surface area contributed by atoms with Crippen LogP contribution in [0.3, 0.4) is 0 Å².